The maximum absolute atomic E-state index is 13.6. The van der Waals surface area contributed by atoms with Crippen molar-refractivity contribution in [3.05, 3.63) is 71.8 Å². The van der Waals surface area contributed by atoms with Gasteiger partial charge < -0.3 is 10.4 Å². The van der Waals surface area contributed by atoms with Gasteiger partial charge in [0.15, 0.2) is 0 Å². The van der Waals surface area contributed by atoms with Crippen LogP contribution in [-0.2, 0) is 0 Å². The summed E-state index contributed by atoms with van der Waals surface area (Å²) in [6.07, 6.45) is -1.30. The van der Waals surface area contributed by atoms with E-state index >= 15 is 0 Å². The Labute approximate surface area is 126 Å². The normalized spacial score (nSPS) is 12.3. The zero-order valence-electron chi connectivity index (χ0n) is 11.6. The first-order valence-corrected chi connectivity index (χ1v) is 6.87. The van der Waals surface area contributed by atoms with Crippen LogP contribution in [0, 0.1) is 11.6 Å². The molecule has 112 valence electrons. The molecule has 0 aliphatic rings. The molecule has 3 nitrogen and oxygen atoms in total. The molecule has 0 spiro atoms. The van der Waals surface area contributed by atoms with E-state index in [-0.39, 0.29) is 12.1 Å². The number of fused-ring (bicyclic) bond motifs is 1. The van der Waals surface area contributed by atoms with Crippen molar-refractivity contribution < 1.29 is 13.9 Å². The van der Waals surface area contributed by atoms with E-state index in [0.717, 1.165) is 23.0 Å². The number of hydrogen-bond acceptors (Lipinski definition) is 3. The van der Waals surface area contributed by atoms with Crippen molar-refractivity contribution in [2.75, 3.05) is 11.9 Å². The summed E-state index contributed by atoms with van der Waals surface area (Å²) in [5.74, 6) is -0.990. The Morgan fingerprint density at radius 1 is 0.955 bits per heavy atom. The minimum atomic E-state index is -1.30. The summed E-state index contributed by atoms with van der Waals surface area (Å²) in [7, 11) is 0. The topological polar surface area (TPSA) is 45.1 Å². The van der Waals surface area contributed by atoms with Crippen LogP contribution in [-0.4, -0.2) is 16.6 Å². The summed E-state index contributed by atoms with van der Waals surface area (Å²) in [6, 6.07) is 14.8. The lowest BCUT2D eigenvalue weighted by Crippen LogP contribution is -2.15. The minimum Gasteiger partial charge on any atom is -0.386 e. The lowest BCUT2D eigenvalue weighted by Gasteiger charge is -2.14. The molecule has 0 aliphatic heterocycles. The van der Waals surface area contributed by atoms with Gasteiger partial charge in [-0.1, -0.05) is 24.3 Å². The molecule has 0 amide bonds. The third-order valence-corrected chi connectivity index (χ3v) is 3.41. The number of halogens is 2. The van der Waals surface area contributed by atoms with Crippen LogP contribution < -0.4 is 5.32 Å². The summed E-state index contributed by atoms with van der Waals surface area (Å²) in [5, 5.41) is 13.9. The Kier molecular flexibility index (Phi) is 3.98. The lowest BCUT2D eigenvalue weighted by molar-refractivity contribution is 0.181. The molecule has 2 N–H and O–H groups in total. The van der Waals surface area contributed by atoms with E-state index < -0.39 is 17.7 Å². The Balaban J connectivity index is 1.76. The quantitative estimate of drug-likeness (QED) is 0.773. The van der Waals surface area contributed by atoms with Crippen LogP contribution in [0.1, 0.15) is 11.7 Å². The number of rotatable bonds is 4. The van der Waals surface area contributed by atoms with Crippen molar-refractivity contribution in [3.8, 4) is 0 Å². The molecular weight excluding hydrogens is 286 g/mol. The highest BCUT2D eigenvalue weighted by molar-refractivity contribution is 5.80. The zero-order valence-corrected chi connectivity index (χ0v) is 11.6. The second kappa shape index (κ2) is 6.07. The van der Waals surface area contributed by atoms with Crippen LogP contribution in [0.4, 0.5) is 14.6 Å². The van der Waals surface area contributed by atoms with Gasteiger partial charge in [0.25, 0.3) is 0 Å². The Morgan fingerprint density at radius 3 is 2.45 bits per heavy atom. The van der Waals surface area contributed by atoms with Gasteiger partial charge in [0.2, 0.25) is 0 Å². The number of hydrogen-bond donors (Lipinski definition) is 2. The molecule has 1 heterocycles. The van der Waals surface area contributed by atoms with Gasteiger partial charge in [0.05, 0.1) is 11.1 Å². The average Bonchev–Trinajstić information content (AvgIpc) is 2.52. The molecule has 2 aromatic carbocycles. The van der Waals surface area contributed by atoms with E-state index in [1.807, 2.05) is 30.3 Å². The van der Waals surface area contributed by atoms with E-state index in [2.05, 4.69) is 10.3 Å². The smallest absolute Gasteiger partial charge is 0.132 e. The number of aliphatic hydroxyl groups is 1. The highest BCUT2D eigenvalue weighted by Crippen LogP contribution is 2.21. The average molecular weight is 300 g/mol. The van der Waals surface area contributed by atoms with Crippen LogP contribution in [0.5, 0.6) is 0 Å². The molecule has 1 aromatic heterocycles. The fourth-order valence-corrected chi connectivity index (χ4v) is 2.30. The summed E-state index contributed by atoms with van der Waals surface area (Å²) in [5.41, 5.74) is 0.467. The van der Waals surface area contributed by atoms with Crippen LogP contribution in [0.2, 0.25) is 0 Å². The van der Waals surface area contributed by atoms with Gasteiger partial charge in [-0.25, -0.2) is 13.8 Å². The molecule has 3 rings (SSSR count). The summed E-state index contributed by atoms with van der Waals surface area (Å²) in [6.45, 7) is -0.0385. The summed E-state index contributed by atoms with van der Waals surface area (Å²) < 4.78 is 27.2. The Hall–Kier alpha value is -2.53. The standard InChI is InChI=1S/C17H14F2N2O/c18-12-5-3-6-13(19)17(12)15(22)10-20-16-9-8-11-4-1-2-7-14(11)21-16/h1-9,15,22H,10H2,(H,20,21). The highest BCUT2D eigenvalue weighted by Gasteiger charge is 2.17. The Morgan fingerprint density at radius 2 is 1.68 bits per heavy atom. The van der Waals surface area contributed by atoms with E-state index in [0.29, 0.717) is 5.82 Å². The van der Waals surface area contributed by atoms with Gasteiger partial charge in [-0.05, 0) is 30.3 Å². The molecule has 0 fully saturated rings. The van der Waals surface area contributed by atoms with Gasteiger partial charge in [0, 0.05) is 11.9 Å². The van der Waals surface area contributed by atoms with Gasteiger partial charge in [-0.15, -0.1) is 0 Å². The van der Waals surface area contributed by atoms with Gasteiger partial charge >= 0.3 is 0 Å². The first-order valence-electron chi connectivity index (χ1n) is 6.87. The number of nitrogens with zero attached hydrogens (tertiary/aromatic N) is 1. The van der Waals surface area contributed by atoms with Crippen LogP contribution in [0.3, 0.4) is 0 Å². The maximum atomic E-state index is 13.6. The first kappa shape index (κ1) is 14.4. The number of benzene rings is 2. The second-order valence-electron chi connectivity index (χ2n) is 4.92. The number of aliphatic hydroxyl groups excluding tert-OH is 1. The third kappa shape index (κ3) is 2.89. The summed E-state index contributed by atoms with van der Waals surface area (Å²) in [4.78, 5) is 4.38. The largest absolute Gasteiger partial charge is 0.386 e. The lowest BCUT2D eigenvalue weighted by atomic mass is 10.1. The Bertz CT molecular complexity index is 787. The fourth-order valence-electron chi connectivity index (χ4n) is 2.30. The van der Waals surface area contributed by atoms with E-state index in [1.165, 1.54) is 6.07 Å². The molecule has 0 bridgehead atoms. The van der Waals surface area contributed by atoms with E-state index in [9.17, 15) is 13.9 Å². The van der Waals surface area contributed by atoms with Crippen molar-refractivity contribution in [1.29, 1.82) is 0 Å². The van der Waals surface area contributed by atoms with Crippen molar-refractivity contribution >= 4 is 16.7 Å². The molecule has 0 radical (unpaired) electrons. The number of para-hydroxylation sites is 1. The van der Waals surface area contributed by atoms with Crippen molar-refractivity contribution in [2.24, 2.45) is 0 Å². The van der Waals surface area contributed by atoms with E-state index in [1.54, 1.807) is 6.07 Å². The van der Waals surface area contributed by atoms with Crippen LogP contribution in [0.25, 0.3) is 10.9 Å². The zero-order chi connectivity index (χ0) is 15.5. The second-order valence-corrected chi connectivity index (χ2v) is 4.92. The highest BCUT2D eigenvalue weighted by atomic mass is 19.1. The fraction of sp³-hybridized carbons (Fsp3) is 0.118. The van der Waals surface area contributed by atoms with Crippen molar-refractivity contribution in [2.45, 2.75) is 6.10 Å². The van der Waals surface area contributed by atoms with E-state index in [4.69, 9.17) is 0 Å². The molecule has 1 atom stereocenters. The monoisotopic (exact) mass is 300 g/mol. The van der Waals surface area contributed by atoms with Crippen molar-refractivity contribution in [3.63, 3.8) is 0 Å². The van der Waals surface area contributed by atoms with Gasteiger partial charge in [-0.2, -0.15) is 0 Å². The summed E-state index contributed by atoms with van der Waals surface area (Å²) >= 11 is 0. The van der Waals surface area contributed by atoms with Gasteiger partial charge in [0.1, 0.15) is 23.6 Å². The molecule has 3 aromatic rings. The number of aromatic nitrogens is 1. The third-order valence-electron chi connectivity index (χ3n) is 3.41. The molecule has 22 heavy (non-hydrogen) atoms. The number of anilines is 1. The minimum absolute atomic E-state index is 0.0385. The maximum Gasteiger partial charge on any atom is 0.132 e. The predicted molar refractivity (Wildman–Crippen MR) is 81.6 cm³/mol. The van der Waals surface area contributed by atoms with Crippen LogP contribution in [0.15, 0.2) is 54.6 Å². The molecule has 0 saturated carbocycles. The number of pyridine rings is 1. The molecule has 0 saturated heterocycles. The molecule has 0 aliphatic carbocycles. The van der Waals surface area contributed by atoms with Gasteiger partial charge in [-0.3, -0.25) is 0 Å². The molecule has 5 heteroatoms. The number of nitrogens with one attached hydrogen (secondary N) is 1. The van der Waals surface area contributed by atoms with Crippen LogP contribution >= 0.6 is 0 Å². The molecule has 1 unspecified atom stereocenters. The molecular formula is C17H14F2N2O. The SMILES string of the molecule is OC(CNc1ccc2ccccc2n1)c1c(F)cccc1F. The van der Waals surface area contributed by atoms with Crippen molar-refractivity contribution in [1.82, 2.24) is 4.98 Å². The predicted octanol–water partition coefficient (Wildman–Crippen LogP) is 3.66. The first-order chi connectivity index (χ1) is 10.6.